The molecule has 5 atom stereocenters. The molecule has 2 aliphatic heterocycles. The second kappa shape index (κ2) is 9.31. The maximum Gasteiger partial charge on any atom is 0.417 e. The van der Waals surface area contributed by atoms with E-state index < -0.39 is 17.5 Å². The lowest BCUT2D eigenvalue weighted by molar-refractivity contribution is -0.162. The quantitative estimate of drug-likeness (QED) is 0.509. The molecule has 6 rings (SSSR count). The normalized spacial score (nSPS) is 28.8. The predicted octanol–water partition coefficient (Wildman–Crippen LogP) is 3.66. The molecule has 13 heteroatoms. The van der Waals surface area contributed by atoms with Crippen LogP contribution in [-0.4, -0.2) is 75.3 Å². The molecule has 3 fully saturated rings. The zero-order valence-corrected chi connectivity index (χ0v) is 21.4. The second-order valence-corrected chi connectivity index (χ2v) is 10.6. The Hall–Kier alpha value is -3.03. The van der Waals surface area contributed by atoms with E-state index in [1.165, 1.54) is 12.4 Å². The summed E-state index contributed by atoms with van der Waals surface area (Å²) in [5.41, 5.74) is 0.606. The first kappa shape index (κ1) is 25.3. The zero-order valence-electron chi connectivity index (χ0n) is 21.4. The average molecular weight is 534 g/mol. The van der Waals surface area contributed by atoms with Gasteiger partial charge >= 0.3 is 6.18 Å². The van der Waals surface area contributed by atoms with Gasteiger partial charge < -0.3 is 29.0 Å². The SMILES string of the molecule is COCC1CC(n2cnc3c(NC4CCN(c5ccc(C(F)(F)F)cn5)C4)ncnc32)C2OC(C)(C)OC12. The molecule has 0 spiro atoms. The van der Waals surface area contributed by atoms with Gasteiger partial charge in [0.1, 0.15) is 23.8 Å². The molecule has 3 aromatic heterocycles. The lowest BCUT2D eigenvalue weighted by Gasteiger charge is -2.24. The van der Waals surface area contributed by atoms with Crippen molar-refractivity contribution in [3.8, 4) is 0 Å². The highest BCUT2D eigenvalue weighted by atomic mass is 19.4. The largest absolute Gasteiger partial charge is 0.417 e. The van der Waals surface area contributed by atoms with E-state index in [0.29, 0.717) is 42.5 Å². The summed E-state index contributed by atoms with van der Waals surface area (Å²) in [6.45, 7) is 5.67. The first-order valence-corrected chi connectivity index (χ1v) is 12.7. The maximum atomic E-state index is 12.9. The van der Waals surface area contributed by atoms with Crippen molar-refractivity contribution in [3.63, 3.8) is 0 Å². The summed E-state index contributed by atoms with van der Waals surface area (Å²) < 4.78 is 58.6. The monoisotopic (exact) mass is 533 g/mol. The lowest BCUT2D eigenvalue weighted by Crippen LogP contribution is -2.28. The van der Waals surface area contributed by atoms with E-state index in [1.54, 1.807) is 13.4 Å². The highest BCUT2D eigenvalue weighted by molar-refractivity contribution is 5.83. The van der Waals surface area contributed by atoms with Gasteiger partial charge in [-0.15, -0.1) is 0 Å². The van der Waals surface area contributed by atoms with Crippen molar-refractivity contribution >= 4 is 22.8 Å². The molecule has 1 aliphatic carbocycles. The van der Waals surface area contributed by atoms with Crippen LogP contribution >= 0.6 is 0 Å². The van der Waals surface area contributed by atoms with Crippen molar-refractivity contribution in [3.05, 3.63) is 36.5 Å². The Morgan fingerprint density at radius 3 is 2.68 bits per heavy atom. The van der Waals surface area contributed by atoms with Crippen molar-refractivity contribution in [1.29, 1.82) is 0 Å². The summed E-state index contributed by atoms with van der Waals surface area (Å²) in [5, 5.41) is 3.46. The van der Waals surface area contributed by atoms with Crippen LogP contribution in [0.5, 0.6) is 0 Å². The number of alkyl halides is 3. The van der Waals surface area contributed by atoms with Gasteiger partial charge in [0, 0.05) is 38.4 Å². The van der Waals surface area contributed by atoms with Gasteiger partial charge in [-0.3, -0.25) is 0 Å². The van der Waals surface area contributed by atoms with Crippen LogP contribution in [0.15, 0.2) is 31.0 Å². The molecule has 204 valence electrons. The fourth-order valence-electron chi connectivity index (χ4n) is 5.93. The van der Waals surface area contributed by atoms with Crippen LogP contribution in [0, 0.1) is 5.92 Å². The predicted molar refractivity (Wildman–Crippen MR) is 132 cm³/mol. The molecular weight excluding hydrogens is 503 g/mol. The summed E-state index contributed by atoms with van der Waals surface area (Å²) in [4.78, 5) is 19.6. The van der Waals surface area contributed by atoms with E-state index in [9.17, 15) is 13.2 Å². The summed E-state index contributed by atoms with van der Waals surface area (Å²) in [7, 11) is 1.69. The fourth-order valence-corrected chi connectivity index (χ4v) is 5.93. The molecule has 10 nitrogen and oxygen atoms in total. The highest BCUT2D eigenvalue weighted by Crippen LogP contribution is 2.47. The van der Waals surface area contributed by atoms with E-state index in [4.69, 9.17) is 14.2 Å². The third-order valence-corrected chi connectivity index (χ3v) is 7.58. The van der Waals surface area contributed by atoms with Crippen molar-refractivity contribution < 1.29 is 27.4 Å². The van der Waals surface area contributed by atoms with Crippen molar-refractivity contribution in [1.82, 2.24) is 24.5 Å². The number of rotatable bonds is 6. The van der Waals surface area contributed by atoms with Gasteiger partial charge in [0.25, 0.3) is 0 Å². The van der Waals surface area contributed by atoms with Gasteiger partial charge in [-0.1, -0.05) is 0 Å². The summed E-state index contributed by atoms with van der Waals surface area (Å²) in [5.74, 6) is 0.654. The Labute approximate surface area is 217 Å². The zero-order chi connectivity index (χ0) is 26.7. The Kier molecular flexibility index (Phi) is 6.19. The molecule has 38 heavy (non-hydrogen) atoms. The minimum atomic E-state index is -4.40. The lowest BCUT2D eigenvalue weighted by atomic mass is 10.1. The molecule has 5 heterocycles. The van der Waals surface area contributed by atoms with Gasteiger partial charge in [-0.25, -0.2) is 19.9 Å². The van der Waals surface area contributed by atoms with E-state index in [0.717, 1.165) is 25.1 Å². The number of imidazole rings is 1. The van der Waals surface area contributed by atoms with E-state index in [1.807, 2.05) is 23.3 Å². The summed E-state index contributed by atoms with van der Waals surface area (Å²) >= 11 is 0. The Bertz CT molecular complexity index is 1300. The Balaban J connectivity index is 1.19. The molecular formula is C25H30F3N7O3. The van der Waals surface area contributed by atoms with Crippen LogP contribution in [0.1, 0.15) is 38.3 Å². The maximum absolute atomic E-state index is 12.9. The number of fused-ring (bicyclic) bond motifs is 2. The topological polar surface area (TPSA) is 99.5 Å². The number of ether oxygens (including phenoxy) is 3. The minimum Gasteiger partial charge on any atom is -0.384 e. The molecule has 1 saturated carbocycles. The average Bonchev–Trinajstić information content (AvgIpc) is 3.63. The van der Waals surface area contributed by atoms with Gasteiger partial charge in [0.15, 0.2) is 17.3 Å². The van der Waals surface area contributed by atoms with Gasteiger partial charge in [0.05, 0.1) is 30.6 Å². The third kappa shape index (κ3) is 4.56. The van der Waals surface area contributed by atoms with E-state index in [-0.39, 0.29) is 30.2 Å². The van der Waals surface area contributed by atoms with Crippen LogP contribution in [0.3, 0.4) is 0 Å². The van der Waals surface area contributed by atoms with Crippen LogP contribution in [0.2, 0.25) is 0 Å². The molecule has 0 radical (unpaired) electrons. The van der Waals surface area contributed by atoms with Crippen molar-refractivity contribution in [2.75, 3.05) is 37.0 Å². The van der Waals surface area contributed by atoms with Crippen LogP contribution in [0.25, 0.3) is 11.2 Å². The number of nitrogens with zero attached hydrogens (tertiary/aromatic N) is 6. The summed E-state index contributed by atoms with van der Waals surface area (Å²) in [6, 6.07) is 2.49. The Morgan fingerprint density at radius 1 is 1.13 bits per heavy atom. The Morgan fingerprint density at radius 2 is 1.95 bits per heavy atom. The van der Waals surface area contributed by atoms with Gasteiger partial charge in [-0.2, -0.15) is 13.2 Å². The molecule has 3 aliphatic rings. The highest BCUT2D eigenvalue weighted by Gasteiger charge is 2.54. The van der Waals surface area contributed by atoms with Crippen LogP contribution in [0.4, 0.5) is 24.8 Å². The third-order valence-electron chi connectivity index (χ3n) is 7.58. The molecule has 1 N–H and O–H groups in total. The molecule has 2 saturated heterocycles. The van der Waals surface area contributed by atoms with Crippen LogP contribution in [-0.2, 0) is 20.4 Å². The molecule has 0 bridgehead atoms. The molecule has 0 amide bonds. The van der Waals surface area contributed by atoms with E-state index in [2.05, 4.69) is 25.3 Å². The fraction of sp³-hybridized carbons (Fsp3) is 0.600. The minimum absolute atomic E-state index is 0.0117. The van der Waals surface area contributed by atoms with Crippen LogP contribution < -0.4 is 10.2 Å². The number of pyridine rings is 1. The van der Waals surface area contributed by atoms with Crippen molar-refractivity contribution in [2.24, 2.45) is 5.92 Å². The first-order valence-electron chi connectivity index (χ1n) is 12.7. The standard InChI is InChI=1S/C25H30F3N7O3/c1-24(2)37-20-14(11-36-3)8-17(21(20)38-24)35-13-32-19-22(30-12-31-23(19)35)33-16-6-7-34(10-16)18-5-4-15(9-29-18)25(26,27)28/h4-5,9,12-14,16-17,20-21H,6-8,10-11H2,1-3H3,(H,30,31,33). The van der Waals surface area contributed by atoms with E-state index >= 15 is 0 Å². The number of halogens is 3. The van der Waals surface area contributed by atoms with Gasteiger partial charge in [0.2, 0.25) is 0 Å². The first-order chi connectivity index (χ1) is 18.1. The number of hydrogen-bond donors (Lipinski definition) is 1. The van der Waals surface area contributed by atoms with Gasteiger partial charge in [-0.05, 0) is 38.8 Å². The van der Waals surface area contributed by atoms with Crippen molar-refractivity contribution in [2.45, 2.75) is 62.9 Å². The number of aromatic nitrogens is 5. The number of hydrogen-bond acceptors (Lipinski definition) is 9. The number of nitrogens with one attached hydrogen (secondary N) is 1. The summed E-state index contributed by atoms with van der Waals surface area (Å²) in [6.07, 6.45) is 1.14. The smallest absolute Gasteiger partial charge is 0.384 e. The number of anilines is 2. The number of methoxy groups -OCH3 is 1. The molecule has 5 unspecified atom stereocenters. The molecule has 0 aromatic carbocycles. The second-order valence-electron chi connectivity index (χ2n) is 10.6. The molecule has 3 aromatic rings.